The van der Waals surface area contributed by atoms with E-state index >= 15 is 0 Å². The molecular weight excluding hydrogens is 230 g/mol. The molecule has 0 saturated carbocycles. The fourth-order valence-corrected chi connectivity index (χ4v) is 3.88. The molecular formula is C13H27N3S. The van der Waals surface area contributed by atoms with Crippen molar-refractivity contribution in [2.75, 3.05) is 45.5 Å². The van der Waals surface area contributed by atoms with Gasteiger partial charge < -0.3 is 5.32 Å². The van der Waals surface area contributed by atoms with Gasteiger partial charge in [0.25, 0.3) is 0 Å². The smallest absolute Gasteiger partial charge is 0.0352 e. The Morgan fingerprint density at radius 2 is 1.94 bits per heavy atom. The van der Waals surface area contributed by atoms with E-state index in [2.05, 4.69) is 35.2 Å². The zero-order valence-electron chi connectivity index (χ0n) is 11.5. The summed E-state index contributed by atoms with van der Waals surface area (Å²) in [7, 11) is 0. The standard InChI is InChI=1S/C13H27N3S/c1-4-11(2)15-5-7-16(8-6-15)12-9-14-10-13(12)17-3/h11-14H,4-10H2,1-3H3. The predicted octanol–water partition coefficient (Wildman–Crippen LogP) is 1.11. The van der Waals surface area contributed by atoms with Gasteiger partial charge in [-0.1, -0.05) is 6.92 Å². The van der Waals surface area contributed by atoms with Gasteiger partial charge in [-0.05, 0) is 19.6 Å². The van der Waals surface area contributed by atoms with Gasteiger partial charge >= 0.3 is 0 Å². The van der Waals surface area contributed by atoms with Crippen molar-refractivity contribution in [3.63, 3.8) is 0 Å². The second kappa shape index (κ2) is 6.41. The highest BCUT2D eigenvalue weighted by Crippen LogP contribution is 2.21. The summed E-state index contributed by atoms with van der Waals surface area (Å²) in [4.78, 5) is 5.35. The molecule has 0 aromatic carbocycles. The van der Waals surface area contributed by atoms with Crippen LogP contribution in [0.25, 0.3) is 0 Å². The lowest BCUT2D eigenvalue weighted by Crippen LogP contribution is -2.54. The fraction of sp³-hybridized carbons (Fsp3) is 1.00. The maximum atomic E-state index is 3.54. The van der Waals surface area contributed by atoms with Crippen LogP contribution in [0.15, 0.2) is 0 Å². The van der Waals surface area contributed by atoms with Gasteiger partial charge in [-0.2, -0.15) is 11.8 Å². The Morgan fingerprint density at radius 3 is 2.53 bits per heavy atom. The average Bonchev–Trinajstić information content (AvgIpc) is 2.86. The van der Waals surface area contributed by atoms with Crippen LogP contribution in [0.2, 0.25) is 0 Å². The summed E-state index contributed by atoms with van der Waals surface area (Å²) in [6.07, 6.45) is 3.53. The minimum Gasteiger partial charge on any atom is -0.314 e. The number of nitrogens with one attached hydrogen (secondary N) is 1. The van der Waals surface area contributed by atoms with Crippen LogP contribution in [0.5, 0.6) is 0 Å². The van der Waals surface area contributed by atoms with E-state index in [1.807, 2.05) is 11.8 Å². The van der Waals surface area contributed by atoms with E-state index in [0.29, 0.717) is 0 Å². The molecule has 2 heterocycles. The van der Waals surface area contributed by atoms with Crippen molar-refractivity contribution in [1.82, 2.24) is 15.1 Å². The zero-order chi connectivity index (χ0) is 12.3. The van der Waals surface area contributed by atoms with Crippen molar-refractivity contribution in [2.24, 2.45) is 0 Å². The molecule has 2 saturated heterocycles. The second-order valence-electron chi connectivity index (χ2n) is 5.33. The van der Waals surface area contributed by atoms with Gasteiger partial charge in [0.15, 0.2) is 0 Å². The Hall–Kier alpha value is 0.230. The lowest BCUT2D eigenvalue weighted by atomic mass is 10.1. The summed E-state index contributed by atoms with van der Waals surface area (Å²) in [5.74, 6) is 0. The zero-order valence-corrected chi connectivity index (χ0v) is 12.3. The lowest BCUT2D eigenvalue weighted by molar-refractivity contribution is 0.0790. The van der Waals surface area contributed by atoms with Crippen molar-refractivity contribution < 1.29 is 0 Å². The molecule has 0 bridgehead atoms. The van der Waals surface area contributed by atoms with E-state index in [1.165, 1.54) is 45.7 Å². The van der Waals surface area contributed by atoms with E-state index in [-0.39, 0.29) is 0 Å². The van der Waals surface area contributed by atoms with Gasteiger partial charge in [-0.15, -0.1) is 0 Å². The van der Waals surface area contributed by atoms with Gasteiger partial charge in [-0.25, -0.2) is 0 Å². The highest BCUT2D eigenvalue weighted by Gasteiger charge is 2.33. The summed E-state index contributed by atoms with van der Waals surface area (Å²) in [5.41, 5.74) is 0. The Balaban J connectivity index is 1.82. The van der Waals surface area contributed by atoms with Crippen molar-refractivity contribution in [3.05, 3.63) is 0 Å². The van der Waals surface area contributed by atoms with E-state index in [9.17, 15) is 0 Å². The number of rotatable bonds is 4. The number of piperazine rings is 1. The molecule has 2 fully saturated rings. The largest absolute Gasteiger partial charge is 0.314 e. The van der Waals surface area contributed by atoms with Gasteiger partial charge in [-0.3, -0.25) is 9.80 Å². The first-order valence-electron chi connectivity index (χ1n) is 6.97. The Labute approximate surface area is 110 Å². The highest BCUT2D eigenvalue weighted by molar-refractivity contribution is 7.99. The molecule has 0 radical (unpaired) electrons. The summed E-state index contributed by atoms with van der Waals surface area (Å²) in [5, 5.41) is 4.34. The van der Waals surface area contributed by atoms with E-state index in [0.717, 1.165) is 17.3 Å². The maximum absolute atomic E-state index is 3.54. The molecule has 2 aliphatic rings. The molecule has 17 heavy (non-hydrogen) atoms. The summed E-state index contributed by atoms with van der Waals surface area (Å²) < 4.78 is 0. The van der Waals surface area contributed by atoms with Crippen molar-refractivity contribution in [2.45, 2.75) is 37.6 Å². The Bertz CT molecular complexity index is 229. The minimum absolute atomic E-state index is 0.759. The second-order valence-corrected chi connectivity index (χ2v) is 6.41. The molecule has 0 amide bonds. The van der Waals surface area contributed by atoms with Crippen molar-refractivity contribution >= 4 is 11.8 Å². The SMILES string of the molecule is CCC(C)N1CCN(C2CNCC2SC)CC1. The molecule has 3 nitrogen and oxygen atoms in total. The van der Waals surface area contributed by atoms with Crippen LogP contribution in [-0.4, -0.2) is 72.7 Å². The topological polar surface area (TPSA) is 18.5 Å². The van der Waals surface area contributed by atoms with E-state index < -0.39 is 0 Å². The molecule has 3 unspecified atom stereocenters. The normalized spacial score (nSPS) is 34.1. The van der Waals surface area contributed by atoms with Crippen molar-refractivity contribution in [3.8, 4) is 0 Å². The van der Waals surface area contributed by atoms with Crippen molar-refractivity contribution in [1.29, 1.82) is 0 Å². The fourth-order valence-electron chi connectivity index (χ4n) is 3.01. The maximum Gasteiger partial charge on any atom is 0.0352 e. The lowest BCUT2D eigenvalue weighted by Gasteiger charge is -2.41. The first kappa shape index (κ1) is 13.7. The van der Waals surface area contributed by atoms with E-state index in [4.69, 9.17) is 0 Å². The van der Waals surface area contributed by atoms with Gasteiger partial charge in [0.05, 0.1) is 0 Å². The van der Waals surface area contributed by atoms with E-state index in [1.54, 1.807) is 0 Å². The predicted molar refractivity (Wildman–Crippen MR) is 76.9 cm³/mol. The number of thioether (sulfide) groups is 1. The van der Waals surface area contributed by atoms with Crippen LogP contribution < -0.4 is 5.32 Å². The number of nitrogens with zero attached hydrogens (tertiary/aromatic N) is 2. The summed E-state index contributed by atoms with van der Waals surface area (Å²) in [6.45, 7) is 12.1. The molecule has 100 valence electrons. The number of hydrogen-bond acceptors (Lipinski definition) is 4. The Morgan fingerprint density at radius 1 is 1.24 bits per heavy atom. The van der Waals surface area contributed by atoms with Crippen LogP contribution in [0.4, 0.5) is 0 Å². The molecule has 2 rings (SSSR count). The molecule has 2 aliphatic heterocycles. The Kier molecular flexibility index (Phi) is 5.15. The van der Waals surface area contributed by atoms with Gasteiger partial charge in [0.2, 0.25) is 0 Å². The van der Waals surface area contributed by atoms with Crippen LogP contribution in [0, 0.1) is 0 Å². The average molecular weight is 257 g/mol. The molecule has 4 heteroatoms. The summed E-state index contributed by atoms with van der Waals surface area (Å²) in [6, 6.07) is 1.53. The van der Waals surface area contributed by atoms with Gasteiger partial charge in [0.1, 0.15) is 0 Å². The monoisotopic (exact) mass is 257 g/mol. The van der Waals surface area contributed by atoms with Crippen LogP contribution in [-0.2, 0) is 0 Å². The molecule has 1 N–H and O–H groups in total. The highest BCUT2D eigenvalue weighted by atomic mass is 32.2. The van der Waals surface area contributed by atoms with Gasteiger partial charge in [0, 0.05) is 56.6 Å². The molecule has 0 spiro atoms. The third-order valence-corrected chi connectivity index (χ3v) is 5.55. The quantitative estimate of drug-likeness (QED) is 0.813. The third-order valence-electron chi connectivity index (χ3n) is 4.46. The first-order chi connectivity index (χ1) is 8.26. The molecule has 3 atom stereocenters. The number of hydrogen-bond donors (Lipinski definition) is 1. The van der Waals surface area contributed by atoms with Crippen LogP contribution in [0.1, 0.15) is 20.3 Å². The molecule has 0 aliphatic carbocycles. The summed E-state index contributed by atoms with van der Waals surface area (Å²) >= 11 is 2.03. The molecule has 0 aromatic rings. The molecule has 0 aromatic heterocycles. The van der Waals surface area contributed by atoms with Crippen LogP contribution in [0.3, 0.4) is 0 Å². The first-order valence-corrected chi connectivity index (χ1v) is 8.26. The van der Waals surface area contributed by atoms with Crippen LogP contribution >= 0.6 is 11.8 Å². The minimum atomic E-state index is 0.759. The third kappa shape index (κ3) is 3.16.